The highest BCUT2D eigenvalue weighted by Crippen LogP contribution is 2.37. The molecule has 8 heteroatoms. The van der Waals surface area contributed by atoms with E-state index in [0.29, 0.717) is 12.1 Å². The van der Waals surface area contributed by atoms with Crippen molar-refractivity contribution in [3.8, 4) is 0 Å². The van der Waals surface area contributed by atoms with Gasteiger partial charge in [-0.2, -0.15) is 26.3 Å². The summed E-state index contributed by atoms with van der Waals surface area (Å²) in [5.74, 6) is 0. The van der Waals surface area contributed by atoms with Gasteiger partial charge >= 0.3 is 12.4 Å². The maximum absolute atomic E-state index is 12.4. The van der Waals surface area contributed by atoms with E-state index in [-0.39, 0.29) is 6.07 Å². The van der Waals surface area contributed by atoms with Crippen LogP contribution in [0.2, 0.25) is 0 Å². The first-order valence-electron chi connectivity index (χ1n) is 4.71. The van der Waals surface area contributed by atoms with Crippen molar-refractivity contribution in [2.45, 2.75) is 18.4 Å². The molecular formula is C10H9F6NO. The van der Waals surface area contributed by atoms with Crippen molar-refractivity contribution < 1.29 is 31.4 Å². The lowest BCUT2D eigenvalue weighted by molar-refractivity contribution is -0.143. The monoisotopic (exact) mass is 273 g/mol. The summed E-state index contributed by atoms with van der Waals surface area (Å²) in [6.45, 7) is -0.751. The summed E-state index contributed by atoms with van der Waals surface area (Å²) < 4.78 is 74.6. The zero-order chi connectivity index (χ0) is 14.1. The molecule has 0 fully saturated rings. The van der Waals surface area contributed by atoms with E-state index < -0.39 is 41.7 Å². The van der Waals surface area contributed by atoms with Gasteiger partial charge < -0.3 is 10.8 Å². The van der Waals surface area contributed by atoms with Crippen LogP contribution >= 0.6 is 0 Å². The molecule has 2 nitrogen and oxygen atoms in total. The molecule has 1 atom stereocenters. The first kappa shape index (κ1) is 14.8. The van der Waals surface area contributed by atoms with E-state index in [1.165, 1.54) is 0 Å². The summed E-state index contributed by atoms with van der Waals surface area (Å²) >= 11 is 0. The van der Waals surface area contributed by atoms with Gasteiger partial charge in [0.1, 0.15) is 0 Å². The second-order valence-electron chi connectivity index (χ2n) is 3.63. The minimum absolute atomic E-state index is 0.00753. The van der Waals surface area contributed by atoms with E-state index in [2.05, 4.69) is 0 Å². The van der Waals surface area contributed by atoms with Crippen LogP contribution in [0.3, 0.4) is 0 Å². The molecule has 0 aliphatic carbocycles. The van der Waals surface area contributed by atoms with Gasteiger partial charge in [0, 0.05) is 0 Å². The minimum atomic E-state index is -4.91. The summed E-state index contributed by atoms with van der Waals surface area (Å²) in [4.78, 5) is 0. The third-order valence-corrected chi connectivity index (χ3v) is 2.23. The number of nitrogens with two attached hydrogens (primary N) is 1. The quantitative estimate of drug-likeness (QED) is 0.814. The van der Waals surface area contributed by atoms with Crippen LogP contribution in [0.5, 0.6) is 0 Å². The first-order valence-corrected chi connectivity index (χ1v) is 4.71. The average Bonchev–Trinajstić information content (AvgIpc) is 2.25. The van der Waals surface area contributed by atoms with Gasteiger partial charge in [0.05, 0.1) is 23.8 Å². The molecule has 0 spiro atoms. The molecule has 0 saturated carbocycles. The van der Waals surface area contributed by atoms with Crippen molar-refractivity contribution in [3.05, 3.63) is 34.9 Å². The molecule has 0 saturated heterocycles. The molecule has 0 aliphatic heterocycles. The topological polar surface area (TPSA) is 46.2 Å². The normalized spacial score (nSPS) is 14.7. The van der Waals surface area contributed by atoms with Crippen LogP contribution in [0.25, 0.3) is 0 Å². The number of hydrogen-bond donors (Lipinski definition) is 2. The fourth-order valence-corrected chi connectivity index (χ4v) is 1.30. The zero-order valence-electron chi connectivity index (χ0n) is 8.81. The molecule has 0 unspecified atom stereocenters. The highest BCUT2D eigenvalue weighted by atomic mass is 19.4. The van der Waals surface area contributed by atoms with Crippen LogP contribution in [-0.2, 0) is 12.4 Å². The maximum atomic E-state index is 12.4. The number of benzene rings is 1. The summed E-state index contributed by atoms with van der Waals surface area (Å²) in [5, 5.41) is 8.69. The molecular weight excluding hydrogens is 264 g/mol. The fourth-order valence-electron chi connectivity index (χ4n) is 1.30. The molecule has 3 N–H and O–H groups in total. The Morgan fingerprint density at radius 3 is 1.61 bits per heavy atom. The van der Waals surface area contributed by atoms with Crippen LogP contribution in [0.1, 0.15) is 22.7 Å². The molecule has 18 heavy (non-hydrogen) atoms. The SMILES string of the molecule is N[C@H](CO)c1cc(C(F)(F)F)cc(C(F)(F)F)c1. The molecule has 1 aromatic rings. The Morgan fingerprint density at radius 2 is 1.33 bits per heavy atom. The smallest absolute Gasteiger partial charge is 0.394 e. The number of hydrogen-bond acceptors (Lipinski definition) is 2. The van der Waals surface area contributed by atoms with E-state index in [4.69, 9.17) is 10.8 Å². The second kappa shape index (κ2) is 4.77. The zero-order valence-corrected chi connectivity index (χ0v) is 8.81. The second-order valence-corrected chi connectivity index (χ2v) is 3.63. The lowest BCUT2D eigenvalue weighted by atomic mass is 10.0. The lowest BCUT2D eigenvalue weighted by Crippen LogP contribution is -2.18. The van der Waals surface area contributed by atoms with E-state index in [0.717, 1.165) is 0 Å². The maximum Gasteiger partial charge on any atom is 0.416 e. The number of halogens is 6. The summed E-state index contributed by atoms with van der Waals surface area (Å²) in [6.07, 6.45) is -9.82. The number of rotatable bonds is 2. The Labute approximate surface area is 98.0 Å². The molecule has 0 heterocycles. The summed E-state index contributed by atoms with van der Waals surface area (Å²) in [5.41, 5.74) is 1.92. The van der Waals surface area contributed by atoms with Gasteiger partial charge in [0.15, 0.2) is 0 Å². The Morgan fingerprint density at radius 1 is 0.944 bits per heavy atom. The van der Waals surface area contributed by atoms with Crippen molar-refractivity contribution >= 4 is 0 Å². The fraction of sp³-hybridized carbons (Fsp3) is 0.400. The van der Waals surface area contributed by atoms with E-state index >= 15 is 0 Å². The van der Waals surface area contributed by atoms with Crippen molar-refractivity contribution in [2.24, 2.45) is 5.73 Å². The number of aliphatic hydroxyl groups is 1. The van der Waals surface area contributed by atoms with E-state index in [9.17, 15) is 26.3 Å². The van der Waals surface area contributed by atoms with Gasteiger partial charge in [0.25, 0.3) is 0 Å². The highest BCUT2D eigenvalue weighted by molar-refractivity contribution is 5.35. The predicted octanol–water partition coefficient (Wildman–Crippen LogP) is 2.72. The molecule has 0 radical (unpaired) electrons. The Bertz CT molecular complexity index is 393. The molecule has 0 amide bonds. The third kappa shape index (κ3) is 3.36. The van der Waals surface area contributed by atoms with Crippen LogP contribution in [0.4, 0.5) is 26.3 Å². The Balaban J connectivity index is 3.39. The van der Waals surface area contributed by atoms with E-state index in [1.54, 1.807) is 0 Å². The third-order valence-electron chi connectivity index (χ3n) is 2.23. The summed E-state index contributed by atoms with van der Waals surface area (Å²) in [7, 11) is 0. The van der Waals surface area contributed by atoms with Gasteiger partial charge in [-0.25, -0.2) is 0 Å². The van der Waals surface area contributed by atoms with Gasteiger partial charge in [-0.3, -0.25) is 0 Å². The standard InChI is InChI=1S/C10H9F6NO/c11-9(12,13)6-1-5(8(17)4-18)2-7(3-6)10(14,15)16/h1-3,8,18H,4,17H2/t8-/m1/s1. The largest absolute Gasteiger partial charge is 0.416 e. The number of aliphatic hydroxyl groups excluding tert-OH is 1. The highest BCUT2D eigenvalue weighted by Gasteiger charge is 2.37. The van der Waals surface area contributed by atoms with E-state index in [1.807, 2.05) is 0 Å². The molecule has 102 valence electrons. The molecule has 1 aromatic carbocycles. The Kier molecular flexibility index (Phi) is 3.92. The van der Waals surface area contributed by atoms with Crippen molar-refractivity contribution in [3.63, 3.8) is 0 Å². The Hall–Kier alpha value is -1.28. The average molecular weight is 273 g/mol. The van der Waals surface area contributed by atoms with Crippen LogP contribution in [-0.4, -0.2) is 11.7 Å². The van der Waals surface area contributed by atoms with Gasteiger partial charge in [-0.1, -0.05) is 0 Å². The van der Waals surface area contributed by atoms with Crippen LogP contribution in [0.15, 0.2) is 18.2 Å². The molecule has 0 aliphatic rings. The predicted molar refractivity (Wildman–Crippen MR) is 50.5 cm³/mol. The van der Waals surface area contributed by atoms with Gasteiger partial charge in [-0.05, 0) is 23.8 Å². The first-order chi connectivity index (χ1) is 8.05. The lowest BCUT2D eigenvalue weighted by Gasteiger charge is -2.16. The molecule has 0 aromatic heterocycles. The van der Waals surface area contributed by atoms with Crippen molar-refractivity contribution in [1.29, 1.82) is 0 Å². The number of alkyl halides is 6. The van der Waals surface area contributed by atoms with Crippen molar-refractivity contribution in [2.75, 3.05) is 6.61 Å². The summed E-state index contributed by atoms with van der Waals surface area (Å²) in [6, 6.07) is -0.298. The van der Waals surface area contributed by atoms with Crippen LogP contribution in [0, 0.1) is 0 Å². The van der Waals surface area contributed by atoms with Gasteiger partial charge in [-0.15, -0.1) is 0 Å². The molecule has 1 rings (SSSR count). The van der Waals surface area contributed by atoms with Gasteiger partial charge in [0.2, 0.25) is 0 Å². The van der Waals surface area contributed by atoms with Crippen LogP contribution < -0.4 is 5.73 Å². The molecule has 0 bridgehead atoms. The minimum Gasteiger partial charge on any atom is -0.394 e. The van der Waals surface area contributed by atoms with Crippen molar-refractivity contribution in [1.82, 2.24) is 0 Å².